The Labute approximate surface area is 282 Å². The van der Waals surface area contributed by atoms with E-state index in [1.54, 1.807) is 38.1 Å². The van der Waals surface area contributed by atoms with E-state index in [-0.39, 0.29) is 51.9 Å². The predicted molar refractivity (Wildman–Crippen MR) is 173 cm³/mol. The van der Waals surface area contributed by atoms with Gasteiger partial charge in [-0.15, -0.1) is 0 Å². The highest BCUT2D eigenvalue weighted by molar-refractivity contribution is 5.98. The highest BCUT2D eigenvalue weighted by Gasteiger charge is 2.48. The van der Waals surface area contributed by atoms with E-state index >= 15 is 0 Å². The standard InChI is InChI=1S/C31H46F3N9O6/c1-19(2)26(41-25(44)8-6-15-43-16-13-21(29(47)49-3)17-24(43)31(32,33)34)28(46)40-23(7-4-5-14-37-30(35)48)27(45)39-22-11-9-20(10-12-22)18-38-42-36/h9-12,19,21,23-24,26H,4-8,13-18H2,1-3H3,(H,39,45)(H,40,46)(H,41,44)(H3,35,37,48)/t21?,23-,24?,26-/m0/s1. The van der Waals surface area contributed by atoms with Gasteiger partial charge in [0.05, 0.1) is 19.6 Å². The number of nitrogens with one attached hydrogen (secondary N) is 4. The minimum Gasteiger partial charge on any atom is -0.469 e. The van der Waals surface area contributed by atoms with Gasteiger partial charge in [0.1, 0.15) is 18.1 Å². The highest BCUT2D eigenvalue weighted by Crippen LogP contribution is 2.35. The lowest BCUT2D eigenvalue weighted by molar-refractivity contribution is -0.198. The molecular weight excluding hydrogens is 651 g/mol. The van der Waals surface area contributed by atoms with E-state index in [9.17, 15) is 37.1 Å². The van der Waals surface area contributed by atoms with Crippen LogP contribution in [0.2, 0.25) is 0 Å². The van der Waals surface area contributed by atoms with Crippen molar-refractivity contribution in [3.8, 4) is 0 Å². The summed E-state index contributed by atoms with van der Waals surface area (Å²) < 4.78 is 45.9. The number of amides is 5. The Kier molecular flexibility index (Phi) is 16.6. The lowest BCUT2D eigenvalue weighted by Crippen LogP contribution is -2.54. The summed E-state index contributed by atoms with van der Waals surface area (Å²) in [6, 6.07) is 1.98. The molecule has 1 aromatic rings. The second kappa shape index (κ2) is 20.1. The number of ether oxygens (including phenoxy) is 1. The summed E-state index contributed by atoms with van der Waals surface area (Å²) in [6.45, 7) is 3.78. The summed E-state index contributed by atoms with van der Waals surface area (Å²) in [4.78, 5) is 66.3. The number of anilines is 1. The van der Waals surface area contributed by atoms with Crippen molar-refractivity contribution in [3.05, 3.63) is 40.3 Å². The zero-order chi connectivity index (χ0) is 36.6. The van der Waals surface area contributed by atoms with Gasteiger partial charge in [0.15, 0.2) is 0 Å². The molecule has 2 unspecified atom stereocenters. The number of benzene rings is 1. The van der Waals surface area contributed by atoms with Crippen molar-refractivity contribution < 1.29 is 41.9 Å². The van der Waals surface area contributed by atoms with Crippen LogP contribution in [0, 0.1) is 11.8 Å². The Morgan fingerprint density at radius 2 is 1.78 bits per heavy atom. The van der Waals surface area contributed by atoms with Crippen molar-refractivity contribution >= 4 is 35.4 Å². The maximum Gasteiger partial charge on any atom is 0.404 e. The Balaban J connectivity index is 2.03. The normalized spacial score (nSPS) is 17.6. The summed E-state index contributed by atoms with van der Waals surface area (Å²) >= 11 is 0. The Morgan fingerprint density at radius 3 is 2.37 bits per heavy atom. The molecule has 5 amide bonds. The SMILES string of the molecule is COC(=O)C1CCN(CCCC(=O)N[C@H](C(=O)N[C@@H](CCCCNC(N)=O)C(=O)Nc2ccc(CN=[N+]=[N-])cc2)C(C)C)C(C(F)(F)F)C1. The zero-order valence-corrected chi connectivity index (χ0v) is 27.9. The zero-order valence-electron chi connectivity index (χ0n) is 27.9. The molecule has 0 radical (unpaired) electrons. The number of hydrogen-bond acceptors (Lipinski definition) is 8. The number of alkyl halides is 3. The van der Waals surface area contributed by atoms with Crippen LogP contribution in [0.1, 0.15) is 64.4 Å². The lowest BCUT2D eigenvalue weighted by atomic mass is 9.90. The van der Waals surface area contributed by atoms with E-state index in [1.165, 1.54) is 4.90 Å². The van der Waals surface area contributed by atoms with Gasteiger partial charge in [0.2, 0.25) is 17.7 Å². The number of likely N-dealkylation sites (tertiary alicyclic amines) is 1. The number of piperidine rings is 1. The van der Waals surface area contributed by atoms with E-state index in [4.69, 9.17) is 11.3 Å². The van der Waals surface area contributed by atoms with Gasteiger partial charge in [-0.25, -0.2) is 4.79 Å². The van der Waals surface area contributed by atoms with E-state index in [0.29, 0.717) is 18.5 Å². The molecule has 49 heavy (non-hydrogen) atoms. The number of unbranched alkanes of at least 4 members (excludes halogenated alkanes) is 1. The Hall–Kier alpha value is -4.57. The average molecular weight is 698 g/mol. The first kappa shape index (κ1) is 40.6. The maximum absolute atomic E-state index is 13.8. The molecule has 0 saturated carbocycles. The fraction of sp³-hybridized carbons (Fsp3) is 0.645. The number of urea groups is 1. The highest BCUT2D eigenvalue weighted by atomic mass is 19.4. The fourth-order valence-corrected chi connectivity index (χ4v) is 5.48. The number of azide groups is 1. The summed E-state index contributed by atoms with van der Waals surface area (Å²) in [5.74, 6) is -3.61. The number of rotatable bonds is 18. The second-order valence-corrected chi connectivity index (χ2v) is 12.2. The molecule has 1 fully saturated rings. The molecule has 0 aromatic heterocycles. The molecule has 1 saturated heterocycles. The number of halogens is 3. The third kappa shape index (κ3) is 14.2. The molecule has 1 aliphatic rings. The van der Waals surface area contributed by atoms with E-state index in [1.807, 2.05) is 0 Å². The molecule has 18 heteroatoms. The summed E-state index contributed by atoms with van der Waals surface area (Å²) in [7, 11) is 1.14. The van der Waals surface area contributed by atoms with Gasteiger partial charge in [-0.05, 0) is 80.8 Å². The van der Waals surface area contributed by atoms with Crippen molar-refractivity contribution in [2.75, 3.05) is 32.1 Å². The molecule has 1 aliphatic heterocycles. The van der Waals surface area contributed by atoms with Crippen molar-refractivity contribution in [2.24, 2.45) is 22.7 Å². The molecule has 1 aromatic carbocycles. The fourth-order valence-electron chi connectivity index (χ4n) is 5.48. The van der Waals surface area contributed by atoms with Gasteiger partial charge in [-0.2, -0.15) is 13.2 Å². The number of primary amides is 1. The first-order chi connectivity index (χ1) is 23.2. The van der Waals surface area contributed by atoms with Gasteiger partial charge in [0.25, 0.3) is 0 Å². The molecule has 2 rings (SSSR count). The minimum absolute atomic E-state index is 0.0184. The van der Waals surface area contributed by atoms with Gasteiger partial charge in [0, 0.05) is 23.6 Å². The number of methoxy groups -OCH3 is 1. The number of nitrogens with two attached hydrogens (primary N) is 1. The predicted octanol–water partition coefficient (Wildman–Crippen LogP) is 3.50. The monoisotopic (exact) mass is 697 g/mol. The van der Waals surface area contributed by atoms with E-state index < -0.39 is 72.3 Å². The second-order valence-electron chi connectivity index (χ2n) is 12.2. The van der Waals surface area contributed by atoms with Crippen LogP contribution in [0.4, 0.5) is 23.7 Å². The minimum atomic E-state index is -4.56. The number of carbonyl (C=O) groups excluding carboxylic acids is 5. The molecule has 1 heterocycles. The van der Waals surface area contributed by atoms with Crippen LogP contribution in [-0.2, 0) is 30.5 Å². The largest absolute Gasteiger partial charge is 0.469 e. The molecule has 4 atom stereocenters. The lowest BCUT2D eigenvalue weighted by Gasteiger charge is -2.39. The number of nitrogens with zero attached hydrogens (tertiary/aromatic N) is 4. The van der Waals surface area contributed by atoms with Crippen molar-refractivity contribution in [3.63, 3.8) is 0 Å². The van der Waals surface area contributed by atoms with Crippen LogP contribution in [0.25, 0.3) is 10.4 Å². The number of esters is 1. The van der Waals surface area contributed by atoms with Crippen LogP contribution in [-0.4, -0.2) is 85.7 Å². The first-order valence-electron chi connectivity index (χ1n) is 16.1. The van der Waals surface area contributed by atoms with E-state index in [0.717, 1.165) is 12.7 Å². The number of carbonyl (C=O) groups is 5. The molecular formula is C31H46F3N9O6. The first-order valence-corrected chi connectivity index (χ1v) is 16.1. The molecule has 0 spiro atoms. The van der Waals surface area contributed by atoms with Crippen LogP contribution < -0.4 is 27.0 Å². The van der Waals surface area contributed by atoms with Crippen molar-refractivity contribution in [1.82, 2.24) is 20.9 Å². The Bertz CT molecular complexity index is 1320. The van der Waals surface area contributed by atoms with Crippen LogP contribution >= 0.6 is 0 Å². The van der Waals surface area contributed by atoms with Gasteiger partial charge in [-0.3, -0.25) is 24.1 Å². The van der Waals surface area contributed by atoms with Crippen molar-refractivity contribution in [1.29, 1.82) is 0 Å². The van der Waals surface area contributed by atoms with Crippen molar-refractivity contribution in [2.45, 2.75) is 89.6 Å². The molecule has 0 aliphatic carbocycles. The molecule has 6 N–H and O–H groups in total. The smallest absolute Gasteiger partial charge is 0.404 e. The summed E-state index contributed by atoms with van der Waals surface area (Å²) in [5, 5.41) is 14.0. The van der Waals surface area contributed by atoms with Crippen LogP contribution in [0.5, 0.6) is 0 Å². The third-order valence-corrected chi connectivity index (χ3v) is 8.13. The summed E-state index contributed by atoms with van der Waals surface area (Å²) in [6.07, 6.45) is -3.75. The van der Waals surface area contributed by atoms with E-state index in [2.05, 4.69) is 36.0 Å². The number of hydrogen-bond donors (Lipinski definition) is 5. The quantitative estimate of drug-likeness (QED) is 0.0505. The maximum atomic E-state index is 13.8. The average Bonchev–Trinajstić information content (AvgIpc) is 3.05. The topological polar surface area (TPSA) is 221 Å². The van der Waals surface area contributed by atoms with Gasteiger partial charge in [-0.1, -0.05) is 31.1 Å². The summed E-state index contributed by atoms with van der Waals surface area (Å²) in [5.41, 5.74) is 14.8. The van der Waals surface area contributed by atoms with Crippen LogP contribution in [0.3, 0.4) is 0 Å². The van der Waals surface area contributed by atoms with Crippen LogP contribution in [0.15, 0.2) is 29.4 Å². The molecule has 272 valence electrons. The third-order valence-electron chi connectivity index (χ3n) is 8.13. The molecule has 0 bridgehead atoms. The molecule has 15 nitrogen and oxygen atoms in total. The Morgan fingerprint density at radius 1 is 1.08 bits per heavy atom. The van der Waals surface area contributed by atoms with Gasteiger partial charge >= 0.3 is 18.2 Å². The van der Waals surface area contributed by atoms with Gasteiger partial charge < -0.3 is 31.7 Å².